The number of phenols is 1. The summed E-state index contributed by atoms with van der Waals surface area (Å²) in [6.45, 7) is 3.83. The molecule has 0 spiro atoms. The first-order valence-electron chi connectivity index (χ1n) is 8.81. The number of nitrogens with zero attached hydrogens (tertiary/aromatic N) is 1. The van der Waals surface area contributed by atoms with Gasteiger partial charge in [0.2, 0.25) is 0 Å². The number of phenolic OH excluding ortho intramolecular Hbond substituents is 1. The molecule has 138 valence electrons. The first-order chi connectivity index (χ1) is 12.0. The smallest absolute Gasteiger partial charge is 0.255 e. The number of hydrogen-bond acceptors (Lipinski definition) is 4. The van der Waals surface area contributed by atoms with E-state index in [1.807, 2.05) is 0 Å². The lowest BCUT2D eigenvalue weighted by atomic mass is 9.86. The molecular formula is C18H24ClFN2O3. The third-order valence-electron chi connectivity index (χ3n) is 5.30. The van der Waals surface area contributed by atoms with Crippen LogP contribution in [0.15, 0.2) is 12.1 Å². The number of halogens is 2. The number of ether oxygens (including phenoxy) is 1. The minimum Gasteiger partial charge on any atom is -0.506 e. The molecule has 7 heteroatoms. The molecule has 0 unspecified atom stereocenters. The Labute approximate surface area is 152 Å². The van der Waals surface area contributed by atoms with E-state index >= 15 is 0 Å². The van der Waals surface area contributed by atoms with Gasteiger partial charge in [-0.15, -0.1) is 0 Å². The minimum absolute atomic E-state index is 0.133. The predicted octanol–water partition coefficient (Wildman–Crippen LogP) is 2.95. The summed E-state index contributed by atoms with van der Waals surface area (Å²) in [5.41, 5.74) is -0.271. The minimum atomic E-state index is -0.648. The highest BCUT2D eigenvalue weighted by Crippen LogP contribution is 2.31. The summed E-state index contributed by atoms with van der Waals surface area (Å²) >= 11 is 5.77. The van der Waals surface area contributed by atoms with E-state index in [0.717, 1.165) is 50.9 Å². The van der Waals surface area contributed by atoms with Crippen molar-refractivity contribution in [3.63, 3.8) is 0 Å². The van der Waals surface area contributed by atoms with Crippen LogP contribution >= 0.6 is 11.6 Å². The highest BCUT2D eigenvalue weighted by molar-refractivity contribution is 6.32. The van der Waals surface area contributed by atoms with Crippen LogP contribution in [0.4, 0.5) is 4.39 Å². The maximum absolute atomic E-state index is 13.5. The highest BCUT2D eigenvalue weighted by atomic mass is 35.5. The second-order valence-corrected chi connectivity index (χ2v) is 7.26. The molecule has 1 amide bonds. The van der Waals surface area contributed by atoms with Crippen LogP contribution in [-0.2, 0) is 4.74 Å². The van der Waals surface area contributed by atoms with Crippen LogP contribution < -0.4 is 5.32 Å². The number of hydrogen-bond donors (Lipinski definition) is 2. The zero-order valence-electron chi connectivity index (χ0n) is 14.2. The van der Waals surface area contributed by atoms with Gasteiger partial charge in [-0.2, -0.15) is 0 Å². The molecule has 0 bridgehead atoms. The molecule has 2 saturated heterocycles. The number of piperidine rings is 1. The molecule has 1 aromatic carbocycles. The van der Waals surface area contributed by atoms with Gasteiger partial charge in [-0.25, -0.2) is 4.39 Å². The Bertz CT molecular complexity index is 629. The Hall–Kier alpha value is -1.37. The molecule has 5 nitrogen and oxygen atoms in total. The predicted molar refractivity (Wildman–Crippen MR) is 93.6 cm³/mol. The zero-order chi connectivity index (χ0) is 17.9. The average Bonchev–Trinajstić information content (AvgIpc) is 2.64. The van der Waals surface area contributed by atoms with Gasteiger partial charge in [-0.3, -0.25) is 9.69 Å². The quantitative estimate of drug-likeness (QED) is 0.855. The van der Waals surface area contributed by atoms with Crippen LogP contribution in [-0.4, -0.2) is 54.3 Å². The van der Waals surface area contributed by atoms with Crippen LogP contribution in [0.1, 0.15) is 42.5 Å². The number of carbonyl (C=O) groups is 1. The first-order valence-corrected chi connectivity index (χ1v) is 9.19. The normalized spacial score (nSPS) is 21.0. The van der Waals surface area contributed by atoms with Crippen molar-refractivity contribution in [2.45, 2.75) is 37.6 Å². The summed E-state index contributed by atoms with van der Waals surface area (Å²) in [5, 5.41) is 12.7. The Morgan fingerprint density at radius 2 is 1.96 bits per heavy atom. The molecule has 0 aliphatic carbocycles. The van der Waals surface area contributed by atoms with E-state index in [0.29, 0.717) is 19.8 Å². The topological polar surface area (TPSA) is 61.8 Å². The summed E-state index contributed by atoms with van der Waals surface area (Å²) in [7, 11) is 0. The molecule has 3 rings (SSSR count). The highest BCUT2D eigenvalue weighted by Gasteiger charge is 2.39. The zero-order valence-corrected chi connectivity index (χ0v) is 14.9. The summed E-state index contributed by atoms with van der Waals surface area (Å²) in [6, 6.07) is 2.00. The van der Waals surface area contributed by atoms with Gasteiger partial charge in [0, 0.05) is 25.3 Å². The van der Waals surface area contributed by atoms with Gasteiger partial charge in [0.25, 0.3) is 5.91 Å². The number of carbonyl (C=O) groups excluding carboxylic acids is 1. The van der Waals surface area contributed by atoms with Crippen molar-refractivity contribution >= 4 is 17.5 Å². The molecule has 0 aromatic heterocycles. The van der Waals surface area contributed by atoms with Crippen molar-refractivity contribution in [2.24, 2.45) is 0 Å². The number of amides is 1. The lowest BCUT2D eigenvalue weighted by Crippen LogP contribution is -2.59. The fourth-order valence-corrected chi connectivity index (χ4v) is 4.01. The number of likely N-dealkylation sites (tertiary alicyclic amines) is 1. The van der Waals surface area contributed by atoms with Gasteiger partial charge in [0.05, 0.1) is 10.6 Å². The van der Waals surface area contributed by atoms with Gasteiger partial charge in [-0.1, -0.05) is 18.0 Å². The molecule has 0 radical (unpaired) electrons. The molecule has 2 heterocycles. The van der Waals surface area contributed by atoms with Gasteiger partial charge >= 0.3 is 0 Å². The first kappa shape index (κ1) is 18.4. The molecule has 2 aliphatic heterocycles. The lowest BCUT2D eigenvalue weighted by Gasteiger charge is -2.48. The molecule has 2 fully saturated rings. The maximum atomic E-state index is 13.5. The number of aromatic hydroxyl groups is 1. The van der Waals surface area contributed by atoms with E-state index in [-0.39, 0.29) is 21.9 Å². The third kappa shape index (κ3) is 4.07. The number of benzene rings is 1. The van der Waals surface area contributed by atoms with Crippen molar-refractivity contribution in [3.05, 3.63) is 28.5 Å². The summed E-state index contributed by atoms with van der Waals surface area (Å²) in [6.07, 6.45) is 5.27. The van der Waals surface area contributed by atoms with Gasteiger partial charge < -0.3 is 15.2 Å². The maximum Gasteiger partial charge on any atom is 0.255 e. The van der Waals surface area contributed by atoms with Crippen LogP contribution in [0.3, 0.4) is 0 Å². The van der Waals surface area contributed by atoms with Gasteiger partial charge in [-0.05, 0) is 50.9 Å². The summed E-state index contributed by atoms with van der Waals surface area (Å²) in [5.74, 6) is -1.55. The fraction of sp³-hybridized carbons (Fsp3) is 0.611. The molecule has 2 N–H and O–H groups in total. The van der Waals surface area contributed by atoms with Gasteiger partial charge in [0.15, 0.2) is 0 Å². The van der Waals surface area contributed by atoms with E-state index in [9.17, 15) is 14.3 Å². The largest absolute Gasteiger partial charge is 0.506 e. The second kappa shape index (κ2) is 7.89. The molecule has 0 saturated carbocycles. The Morgan fingerprint density at radius 1 is 1.28 bits per heavy atom. The van der Waals surface area contributed by atoms with Crippen molar-refractivity contribution in [3.8, 4) is 5.75 Å². The Balaban J connectivity index is 1.73. The molecule has 2 aliphatic rings. The van der Waals surface area contributed by atoms with Crippen LogP contribution in [0.5, 0.6) is 5.75 Å². The summed E-state index contributed by atoms with van der Waals surface area (Å²) < 4.78 is 19.0. The van der Waals surface area contributed by atoms with Crippen molar-refractivity contribution < 1.29 is 19.0 Å². The monoisotopic (exact) mass is 370 g/mol. The van der Waals surface area contributed by atoms with Crippen LogP contribution in [0.2, 0.25) is 5.02 Å². The number of rotatable bonds is 4. The fourth-order valence-electron chi connectivity index (χ4n) is 3.80. The van der Waals surface area contributed by atoms with Crippen molar-refractivity contribution in [1.29, 1.82) is 0 Å². The molecule has 1 aromatic rings. The summed E-state index contributed by atoms with van der Waals surface area (Å²) in [4.78, 5) is 14.9. The van der Waals surface area contributed by atoms with E-state index in [1.54, 1.807) is 0 Å². The van der Waals surface area contributed by atoms with Crippen LogP contribution in [0.25, 0.3) is 0 Å². The van der Waals surface area contributed by atoms with E-state index in [1.165, 1.54) is 6.42 Å². The van der Waals surface area contributed by atoms with Crippen LogP contribution in [0, 0.1) is 5.82 Å². The Morgan fingerprint density at radius 3 is 2.64 bits per heavy atom. The standard InChI is InChI=1S/C18H24ClFN2O3/c19-15-11-13(20)10-14(16(15)23)17(24)21-12-18(4-8-25-9-5-18)22-6-2-1-3-7-22/h10-11,23H,1-9,12H2,(H,21,24). The van der Waals surface area contributed by atoms with Crippen molar-refractivity contribution in [2.75, 3.05) is 32.8 Å². The SMILES string of the molecule is O=C(NCC1(N2CCCCC2)CCOCC1)c1cc(F)cc(Cl)c1O. The van der Waals surface area contributed by atoms with E-state index in [2.05, 4.69) is 10.2 Å². The third-order valence-corrected chi connectivity index (χ3v) is 5.59. The van der Waals surface area contributed by atoms with E-state index < -0.39 is 11.7 Å². The average molecular weight is 371 g/mol. The van der Waals surface area contributed by atoms with Crippen molar-refractivity contribution in [1.82, 2.24) is 10.2 Å². The molecule has 0 atom stereocenters. The van der Waals surface area contributed by atoms with Gasteiger partial charge in [0.1, 0.15) is 11.6 Å². The second-order valence-electron chi connectivity index (χ2n) is 6.85. The molecule has 25 heavy (non-hydrogen) atoms. The number of nitrogens with one attached hydrogen (secondary N) is 1. The molecular weight excluding hydrogens is 347 g/mol. The Kier molecular flexibility index (Phi) is 5.81. The lowest BCUT2D eigenvalue weighted by molar-refractivity contribution is -0.0349. The van der Waals surface area contributed by atoms with E-state index in [4.69, 9.17) is 16.3 Å².